The van der Waals surface area contributed by atoms with Gasteiger partial charge in [-0.25, -0.2) is 0 Å². The number of rotatable bonds is 30. The molecule has 0 bridgehead atoms. The van der Waals surface area contributed by atoms with Gasteiger partial charge in [-0.3, -0.25) is 9.59 Å². The molecule has 0 fully saturated rings. The Balaban J connectivity index is 0. The molecule has 0 heterocycles. The van der Waals surface area contributed by atoms with E-state index < -0.39 is 35.6 Å². The van der Waals surface area contributed by atoms with E-state index in [1.165, 1.54) is 0 Å². The number of nitrogens with one attached hydrogen (secondary N) is 2. The van der Waals surface area contributed by atoms with Crippen LogP contribution in [0.15, 0.2) is 24.3 Å². The van der Waals surface area contributed by atoms with Crippen LogP contribution in [0.25, 0.3) is 0 Å². The third-order valence-corrected chi connectivity index (χ3v) is 7.55. The summed E-state index contributed by atoms with van der Waals surface area (Å²) in [5, 5.41) is 27.8. The summed E-state index contributed by atoms with van der Waals surface area (Å²) >= 11 is 0. The second kappa shape index (κ2) is 42.5. The number of hydrogen-bond acceptors (Lipinski definition) is 12. The molecule has 320 valence electrons. The number of nitrogens with zero attached hydrogens (tertiary/aromatic N) is 1. The number of aliphatic carboxylic acids is 2. The molecule has 0 aliphatic heterocycles. The van der Waals surface area contributed by atoms with Gasteiger partial charge in [0.25, 0.3) is 0 Å². The third-order valence-electron chi connectivity index (χ3n) is 7.55. The number of amides is 2. The molecule has 0 spiro atoms. The SMILES string of the molecule is C#CC#CC#CC#CC(CC(=O)NCCCOCCOCCOCCN(CCOCCOCCCNC(=O)CC(C#CC#CC#CC#C)C(=O)[O-])c1cccc(C)c1)C(=O)[O-].[Na+].[Na+]. The summed E-state index contributed by atoms with van der Waals surface area (Å²) in [6.07, 6.45) is 10.3. The van der Waals surface area contributed by atoms with Crippen molar-refractivity contribution in [2.75, 3.05) is 97.1 Å². The molecule has 0 radical (unpaired) electrons. The van der Waals surface area contributed by atoms with Crippen LogP contribution in [0.2, 0.25) is 0 Å². The first-order chi connectivity index (χ1) is 29.7. The molecule has 0 saturated heterocycles. The Labute approximate surface area is 416 Å². The van der Waals surface area contributed by atoms with Crippen molar-refractivity contribution in [2.45, 2.75) is 32.6 Å². The molecule has 0 aromatic heterocycles. The van der Waals surface area contributed by atoms with Crippen molar-refractivity contribution in [1.29, 1.82) is 0 Å². The van der Waals surface area contributed by atoms with Crippen molar-refractivity contribution in [1.82, 2.24) is 10.6 Å². The fourth-order valence-electron chi connectivity index (χ4n) is 4.62. The maximum absolute atomic E-state index is 12.1. The van der Waals surface area contributed by atoms with Gasteiger partial charge in [-0.05, 0) is 109 Å². The molecule has 0 aliphatic rings. The normalized spacial score (nSPS) is 10.0. The molecule has 2 amide bonds. The third kappa shape index (κ3) is 35.3. The Morgan fingerprint density at radius 2 is 0.968 bits per heavy atom. The van der Waals surface area contributed by atoms with Crippen LogP contribution < -0.4 is 84.9 Å². The van der Waals surface area contributed by atoms with Crippen LogP contribution in [-0.2, 0) is 42.9 Å². The van der Waals surface area contributed by atoms with Crippen molar-refractivity contribution in [3.05, 3.63) is 29.8 Å². The van der Waals surface area contributed by atoms with Crippen molar-refractivity contribution in [3.8, 4) is 95.7 Å². The van der Waals surface area contributed by atoms with Crippen molar-refractivity contribution in [3.63, 3.8) is 0 Å². The van der Waals surface area contributed by atoms with E-state index in [-0.39, 0.29) is 72.0 Å². The van der Waals surface area contributed by atoms with Gasteiger partial charge in [0.1, 0.15) is 0 Å². The molecule has 2 N–H and O–H groups in total. The van der Waals surface area contributed by atoms with Gasteiger partial charge in [-0.2, -0.15) is 0 Å². The summed E-state index contributed by atoms with van der Waals surface area (Å²) < 4.78 is 28.3. The predicted molar refractivity (Wildman–Crippen MR) is 223 cm³/mol. The molecule has 0 saturated carbocycles. The Bertz CT molecular complexity index is 2030. The molecular formula is C47H49N3Na2O11. The van der Waals surface area contributed by atoms with Crippen LogP contribution in [-0.4, -0.2) is 116 Å². The van der Waals surface area contributed by atoms with Gasteiger partial charge in [0.15, 0.2) is 0 Å². The van der Waals surface area contributed by atoms with E-state index in [2.05, 4.69) is 104 Å². The van der Waals surface area contributed by atoms with E-state index >= 15 is 0 Å². The largest absolute Gasteiger partial charge is 1.00 e. The van der Waals surface area contributed by atoms with Crippen LogP contribution in [0.5, 0.6) is 0 Å². The number of benzene rings is 1. The summed E-state index contributed by atoms with van der Waals surface area (Å²) in [4.78, 5) is 48.9. The number of terminal acetylenes is 2. The minimum atomic E-state index is -1.47. The summed E-state index contributed by atoms with van der Waals surface area (Å²) in [6.45, 7) is 7.91. The summed E-state index contributed by atoms with van der Waals surface area (Å²) in [5.41, 5.74) is 2.19. The number of carboxylic acid groups (broad SMARTS) is 2. The van der Waals surface area contributed by atoms with E-state index in [9.17, 15) is 29.4 Å². The number of ether oxygens (including phenoxy) is 5. The van der Waals surface area contributed by atoms with Crippen molar-refractivity contribution < 1.29 is 112 Å². The zero-order valence-electron chi connectivity index (χ0n) is 36.3. The molecule has 1 aromatic carbocycles. The molecular weight excluding hydrogens is 829 g/mol. The van der Waals surface area contributed by atoms with Gasteiger partial charge in [0.2, 0.25) is 11.8 Å². The zero-order valence-corrected chi connectivity index (χ0v) is 40.3. The fraction of sp³-hybridized carbons (Fsp3) is 0.447. The van der Waals surface area contributed by atoms with Gasteiger partial charge in [-0.1, -0.05) is 24.0 Å². The van der Waals surface area contributed by atoms with Crippen molar-refractivity contribution >= 4 is 29.4 Å². The minimum absolute atomic E-state index is 0. The number of anilines is 1. The molecule has 2 atom stereocenters. The summed E-state index contributed by atoms with van der Waals surface area (Å²) in [7, 11) is 0. The number of carbonyl (C=O) groups is 4. The monoisotopic (exact) mass is 877 g/mol. The van der Waals surface area contributed by atoms with E-state index in [1.807, 2.05) is 25.1 Å². The topological polar surface area (TPSA) is 188 Å². The Morgan fingerprint density at radius 3 is 1.37 bits per heavy atom. The van der Waals surface area contributed by atoms with Crippen LogP contribution in [0.1, 0.15) is 31.2 Å². The van der Waals surface area contributed by atoms with Crippen LogP contribution >= 0.6 is 0 Å². The van der Waals surface area contributed by atoms with Gasteiger partial charge >= 0.3 is 59.1 Å². The molecule has 0 aliphatic carbocycles. The van der Waals surface area contributed by atoms with E-state index in [0.29, 0.717) is 105 Å². The van der Waals surface area contributed by atoms with E-state index in [1.54, 1.807) is 0 Å². The molecule has 2 unspecified atom stereocenters. The van der Waals surface area contributed by atoms with Crippen molar-refractivity contribution in [2.24, 2.45) is 11.8 Å². The fourth-order valence-corrected chi connectivity index (χ4v) is 4.62. The summed E-state index contributed by atoms with van der Waals surface area (Å²) in [5.74, 6) is 25.7. The van der Waals surface area contributed by atoms with E-state index in [4.69, 9.17) is 36.5 Å². The number of carbonyl (C=O) groups excluding carboxylic acids is 4. The van der Waals surface area contributed by atoms with Gasteiger partial charge in [-0.15, -0.1) is 12.8 Å². The Kier molecular flexibility index (Phi) is 40.6. The second-order valence-electron chi connectivity index (χ2n) is 12.3. The van der Waals surface area contributed by atoms with Gasteiger partial charge in [0.05, 0.1) is 76.6 Å². The van der Waals surface area contributed by atoms with E-state index in [0.717, 1.165) is 11.3 Å². The maximum atomic E-state index is 12.1. The van der Waals surface area contributed by atoms with Gasteiger partial charge in [0, 0.05) is 57.9 Å². The second-order valence-corrected chi connectivity index (χ2v) is 12.3. The van der Waals surface area contributed by atoms with Crippen LogP contribution in [0.3, 0.4) is 0 Å². The first-order valence-electron chi connectivity index (χ1n) is 19.3. The smallest absolute Gasteiger partial charge is 0.549 e. The summed E-state index contributed by atoms with van der Waals surface area (Å²) in [6, 6.07) is 8.17. The molecule has 1 aromatic rings. The quantitative estimate of drug-likeness (QED) is 0.0424. The first-order valence-corrected chi connectivity index (χ1v) is 19.3. The standard InChI is InChI=1S/C47H51N3O11.2Na/c1-4-6-8-10-12-14-20-41(46(53)54)38-44(51)48-23-17-27-57-31-33-59-29-25-50(43-22-16-19-40(3)37-43)26-30-60-34-36-61-35-32-58-28-18-24-49-45(52)39-42(47(55)56)21-15-13-11-9-7-5-2;;/h1-2,16,19,22,37,41-42H,17-18,23-36,38-39H2,3H3,(H,48,51)(H,49,52)(H,53,54)(H,55,56);;/q;2*+1/p-2. The number of hydrogen-bond donors (Lipinski definition) is 2. The Morgan fingerprint density at radius 1 is 0.587 bits per heavy atom. The number of carboxylic acids is 2. The average Bonchev–Trinajstić information content (AvgIpc) is 3.23. The zero-order chi connectivity index (χ0) is 44.6. The van der Waals surface area contributed by atoms with Gasteiger partial charge < -0.3 is 59.0 Å². The Hall–Kier alpha value is -4.82. The molecule has 1 rings (SSSR count). The minimum Gasteiger partial charge on any atom is -0.549 e. The average molecular weight is 878 g/mol. The predicted octanol–water partition coefficient (Wildman–Crippen LogP) is -7.30. The number of aryl methyl sites for hydroxylation is 1. The van der Waals surface area contributed by atoms with Crippen LogP contribution in [0, 0.1) is 114 Å². The maximum Gasteiger partial charge on any atom is 1.00 e. The van der Waals surface area contributed by atoms with Crippen LogP contribution in [0.4, 0.5) is 5.69 Å². The molecule has 16 heteroatoms. The molecule has 63 heavy (non-hydrogen) atoms. The first kappa shape index (κ1) is 60.3. The molecule has 14 nitrogen and oxygen atoms in total.